The number of hydrogen-bond acceptors (Lipinski definition) is 2. The first kappa shape index (κ1) is 18.1. The van der Waals surface area contributed by atoms with E-state index in [-0.39, 0.29) is 35.3 Å². The number of hydrogen-bond donors (Lipinski definition) is 1. The quantitative estimate of drug-likeness (QED) is 0.768. The van der Waals surface area contributed by atoms with Gasteiger partial charge >= 0.3 is 12.2 Å². The number of rotatable bonds is 5. The summed E-state index contributed by atoms with van der Waals surface area (Å²) in [4.78, 5) is 13.4. The average molecular weight is 375 g/mol. The standard InChI is InChI=1S/C17H18ClF3N2O2/c1-2-7-23-10-16(17(19,20)21,25-9-11-3-4-11)13-8-12(18)5-6-14(13)22-15(23)24/h2,5-6,8,11H,1,3-4,7,9-10H2,(H,22,24). The van der Waals surface area contributed by atoms with Crippen LogP contribution in [0, 0.1) is 5.92 Å². The fourth-order valence-corrected chi connectivity index (χ4v) is 3.05. The normalized spacial score (nSPS) is 23.7. The van der Waals surface area contributed by atoms with Crippen molar-refractivity contribution in [2.45, 2.75) is 24.6 Å². The predicted molar refractivity (Wildman–Crippen MR) is 88.6 cm³/mol. The van der Waals surface area contributed by atoms with Crippen LogP contribution in [-0.4, -0.2) is 36.8 Å². The first-order valence-corrected chi connectivity index (χ1v) is 8.32. The number of fused-ring (bicyclic) bond motifs is 1. The Balaban J connectivity index is 2.13. The Labute approximate surface area is 148 Å². The molecule has 1 saturated carbocycles. The third kappa shape index (κ3) is 3.48. The van der Waals surface area contributed by atoms with Crippen LogP contribution in [0.2, 0.25) is 5.02 Å². The summed E-state index contributed by atoms with van der Waals surface area (Å²) in [6.07, 6.45) is -1.65. The zero-order chi connectivity index (χ0) is 18.2. The van der Waals surface area contributed by atoms with Crippen LogP contribution in [0.4, 0.5) is 23.7 Å². The van der Waals surface area contributed by atoms with E-state index in [1.165, 1.54) is 24.3 Å². The minimum absolute atomic E-state index is 0.0123. The van der Waals surface area contributed by atoms with E-state index >= 15 is 0 Å². The molecule has 2 aliphatic rings. The molecule has 4 nitrogen and oxygen atoms in total. The number of alkyl halides is 3. The van der Waals surface area contributed by atoms with Crippen LogP contribution in [0.3, 0.4) is 0 Å². The second kappa shape index (κ2) is 6.53. The zero-order valence-electron chi connectivity index (χ0n) is 13.4. The number of carbonyl (C=O) groups excluding carboxylic acids is 1. The van der Waals surface area contributed by atoms with E-state index in [1.807, 2.05) is 0 Å². The second-order valence-corrected chi connectivity index (χ2v) is 6.80. The third-order valence-electron chi connectivity index (χ3n) is 4.43. The van der Waals surface area contributed by atoms with Crippen LogP contribution >= 0.6 is 11.6 Å². The van der Waals surface area contributed by atoms with Gasteiger partial charge in [0.15, 0.2) is 0 Å². The minimum atomic E-state index is -4.73. The van der Waals surface area contributed by atoms with E-state index in [4.69, 9.17) is 16.3 Å². The Morgan fingerprint density at radius 1 is 1.44 bits per heavy atom. The molecule has 1 N–H and O–H groups in total. The van der Waals surface area contributed by atoms with Crippen molar-refractivity contribution in [3.05, 3.63) is 41.4 Å². The highest BCUT2D eigenvalue weighted by Gasteiger charge is 2.61. The lowest BCUT2D eigenvalue weighted by Gasteiger charge is -2.38. The summed E-state index contributed by atoms with van der Waals surface area (Å²) in [5, 5.41) is 2.66. The van der Waals surface area contributed by atoms with Gasteiger partial charge in [-0.25, -0.2) is 4.79 Å². The van der Waals surface area contributed by atoms with Crippen LogP contribution in [0.1, 0.15) is 18.4 Å². The molecule has 1 unspecified atom stereocenters. The summed E-state index contributed by atoms with van der Waals surface area (Å²) in [6, 6.07) is 3.39. The Morgan fingerprint density at radius 2 is 2.16 bits per heavy atom. The molecule has 1 heterocycles. The van der Waals surface area contributed by atoms with Crippen molar-refractivity contribution in [1.29, 1.82) is 0 Å². The van der Waals surface area contributed by atoms with Crippen molar-refractivity contribution in [2.75, 3.05) is 25.0 Å². The van der Waals surface area contributed by atoms with Crippen LogP contribution in [0.25, 0.3) is 0 Å². The van der Waals surface area contributed by atoms with Crippen molar-refractivity contribution in [1.82, 2.24) is 4.90 Å². The van der Waals surface area contributed by atoms with Gasteiger partial charge in [0.05, 0.1) is 13.2 Å². The van der Waals surface area contributed by atoms with Crippen molar-refractivity contribution >= 4 is 23.3 Å². The highest BCUT2D eigenvalue weighted by Crippen LogP contribution is 2.48. The molecule has 0 saturated heterocycles. The number of halogens is 4. The van der Waals surface area contributed by atoms with Gasteiger partial charge in [-0.05, 0) is 37.0 Å². The Bertz CT molecular complexity index is 691. The second-order valence-electron chi connectivity index (χ2n) is 6.37. The molecule has 1 aromatic rings. The molecule has 1 atom stereocenters. The summed E-state index contributed by atoms with van der Waals surface area (Å²) in [6.45, 7) is 2.81. The SMILES string of the molecule is C=CCN1CC(OCC2CC2)(C(F)(F)F)c2cc(Cl)ccc2NC1=O. The van der Waals surface area contributed by atoms with Crippen LogP contribution in [0.5, 0.6) is 0 Å². The molecule has 1 aromatic carbocycles. The van der Waals surface area contributed by atoms with E-state index in [9.17, 15) is 18.0 Å². The number of amides is 2. The Hall–Kier alpha value is -1.73. The Kier molecular flexibility index (Phi) is 4.72. The molecule has 8 heteroatoms. The Morgan fingerprint density at radius 3 is 2.76 bits per heavy atom. The molecule has 136 valence electrons. The van der Waals surface area contributed by atoms with Crippen LogP contribution in [0.15, 0.2) is 30.9 Å². The van der Waals surface area contributed by atoms with Gasteiger partial charge in [0.25, 0.3) is 0 Å². The number of carbonyl (C=O) groups is 1. The molecule has 0 aromatic heterocycles. The average Bonchev–Trinajstić information content (AvgIpc) is 3.35. The van der Waals surface area contributed by atoms with E-state index in [1.54, 1.807) is 0 Å². The number of nitrogens with one attached hydrogen (secondary N) is 1. The fraction of sp³-hybridized carbons (Fsp3) is 0.471. The smallest absolute Gasteiger partial charge is 0.359 e. The molecule has 2 amide bonds. The molecule has 1 aliphatic carbocycles. The number of benzene rings is 1. The molecule has 0 bridgehead atoms. The summed E-state index contributed by atoms with van der Waals surface area (Å²) in [5.41, 5.74) is -2.76. The minimum Gasteiger partial charge on any atom is -0.359 e. The number of anilines is 1. The van der Waals surface area contributed by atoms with E-state index in [0.717, 1.165) is 17.7 Å². The maximum Gasteiger partial charge on any atom is 0.423 e. The molecular weight excluding hydrogens is 357 g/mol. The monoisotopic (exact) mass is 374 g/mol. The molecular formula is C17H18ClF3N2O2. The summed E-state index contributed by atoms with van der Waals surface area (Å²) in [5.74, 6) is 0.127. The highest BCUT2D eigenvalue weighted by atomic mass is 35.5. The van der Waals surface area contributed by atoms with Gasteiger partial charge in [-0.2, -0.15) is 13.2 Å². The van der Waals surface area contributed by atoms with Gasteiger partial charge in [-0.3, -0.25) is 0 Å². The van der Waals surface area contributed by atoms with Gasteiger partial charge < -0.3 is 15.0 Å². The lowest BCUT2D eigenvalue weighted by atomic mass is 9.90. The van der Waals surface area contributed by atoms with E-state index < -0.39 is 24.4 Å². The molecule has 1 fully saturated rings. The lowest BCUT2D eigenvalue weighted by molar-refractivity contribution is -0.288. The largest absolute Gasteiger partial charge is 0.423 e. The molecule has 1 aliphatic heterocycles. The van der Waals surface area contributed by atoms with Gasteiger partial charge in [0, 0.05) is 22.8 Å². The van der Waals surface area contributed by atoms with Crippen molar-refractivity contribution in [2.24, 2.45) is 5.92 Å². The topological polar surface area (TPSA) is 41.6 Å². The van der Waals surface area contributed by atoms with E-state index in [0.29, 0.717) is 0 Å². The van der Waals surface area contributed by atoms with Crippen molar-refractivity contribution in [3.8, 4) is 0 Å². The molecule has 0 spiro atoms. The van der Waals surface area contributed by atoms with Gasteiger partial charge in [0.1, 0.15) is 0 Å². The maximum absolute atomic E-state index is 14.2. The highest BCUT2D eigenvalue weighted by molar-refractivity contribution is 6.30. The molecule has 25 heavy (non-hydrogen) atoms. The number of urea groups is 1. The van der Waals surface area contributed by atoms with Crippen molar-refractivity contribution in [3.63, 3.8) is 0 Å². The van der Waals surface area contributed by atoms with Gasteiger partial charge in [-0.15, -0.1) is 6.58 Å². The van der Waals surface area contributed by atoms with Gasteiger partial charge in [-0.1, -0.05) is 17.7 Å². The first-order valence-electron chi connectivity index (χ1n) is 7.94. The summed E-state index contributed by atoms with van der Waals surface area (Å²) >= 11 is 5.95. The predicted octanol–water partition coefficient (Wildman–Crippen LogP) is 4.56. The lowest BCUT2D eigenvalue weighted by Crippen LogP contribution is -2.53. The van der Waals surface area contributed by atoms with Crippen molar-refractivity contribution < 1.29 is 22.7 Å². The third-order valence-corrected chi connectivity index (χ3v) is 4.66. The number of nitrogens with zero attached hydrogens (tertiary/aromatic N) is 1. The van der Waals surface area contributed by atoms with Crippen LogP contribution in [-0.2, 0) is 10.3 Å². The molecule has 0 radical (unpaired) electrons. The van der Waals surface area contributed by atoms with Gasteiger partial charge in [0.2, 0.25) is 5.60 Å². The van der Waals surface area contributed by atoms with Crippen LogP contribution < -0.4 is 5.32 Å². The fourth-order valence-electron chi connectivity index (χ4n) is 2.88. The maximum atomic E-state index is 14.2. The first-order chi connectivity index (χ1) is 11.8. The summed E-state index contributed by atoms with van der Waals surface area (Å²) in [7, 11) is 0. The molecule has 3 rings (SSSR count). The zero-order valence-corrected chi connectivity index (χ0v) is 14.2. The summed E-state index contributed by atoms with van der Waals surface area (Å²) < 4.78 is 48.2. The number of ether oxygens (including phenoxy) is 1. The van der Waals surface area contributed by atoms with E-state index in [2.05, 4.69) is 11.9 Å².